The molecule has 0 aliphatic heterocycles. The Labute approximate surface area is 116 Å². The van der Waals surface area contributed by atoms with Crippen molar-refractivity contribution < 1.29 is 13.9 Å². The van der Waals surface area contributed by atoms with Gasteiger partial charge in [0.15, 0.2) is 0 Å². The summed E-state index contributed by atoms with van der Waals surface area (Å²) in [6.07, 6.45) is -0.633. The summed E-state index contributed by atoms with van der Waals surface area (Å²) in [7, 11) is 1.26. The molecule has 3 rings (SSSR count). The Balaban J connectivity index is 2.00. The van der Waals surface area contributed by atoms with E-state index in [2.05, 4.69) is 20.1 Å². The zero-order valence-corrected chi connectivity index (χ0v) is 11.1. The lowest BCUT2D eigenvalue weighted by Crippen LogP contribution is -2.12. The van der Waals surface area contributed by atoms with Crippen LogP contribution in [0.4, 0.5) is 15.1 Å². The van der Waals surface area contributed by atoms with Gasteiger partial charge in [-0.1, -0.05) is 0 Å². The predicted octanol–water partition coefficient (Wildman–Crippen LogP) is 2.78. The molecule has 2 heterocycles. The number of carbonyl (C=O) groups excluding carboxylic acids is 1. The number of benzene rings is 1. The molecule has 1 aromatic carbocycles. The SMILES string of the molecule is COC(=O)Nc1nc2scc(-c3ccc(F)cc3)n2n1. The van der Waals surface area contributed by atoms with Crippen LogP contribution in [0.1, 0.15) is 0 Å². The third kappa shape index (κ3) is 2.21. The highest BCUT2D eigenvalue weighted by Crippen LogP contribution is 2.25. The molecule has 0 saturated heterocycles. The molecule has 2 aromatic heterocycles. The predicted molar refractivity (Wildman–Crippen MR) is 72.3 cm³/mol. The van der Waals surface area contributed by atoms with Crippen LogP contribution in [0.25, 0.3) is 16.2 Å². The van der Waals surface area contributed by atoms with E-state index in [1.807, 2.05) is 5.38 Å². The number of aromatic nitrogens is 3. The Morgan fingerprint density at radius 1 is 1.40 bits per heavy atom. The Kier molecular flexibility index (Phi) is 3.07. The number of halogens is 1. The molecule has 102 valence electrons. The number of ether oxygens (including phenoxy) is 1. The molecule has 0 unspecified atom stereocenters. The van der Waals surface area contributed by atoms with Crippen LogP contribution in [0.3, 0.4) is 0 Å². The van der Waals surface area contributed by atoms with Crippen LogP contribution in [0.15, 0.2) is 29.6 Å². The molecule has 6 nitrogen and oxygen atoms in total. The van der Waals surface area contributed by atoms with Crippen LogP contribution in [0.5, 0.6) is 0 Å². The molecule has 3 aromatic rings. The molecule has 0 aliphatic rings. The number of hydrogen-bond donors (Lipinski definition) is 1. The summed E-state index contributed by atoms with van der Waals surface area (Å²) in [5.41, 5.74) is 1.59. The van der Waals surface area contributed by atoms with Crippen LogP contribution in [-0.2, 0) is 4.74 Å². The monoisotopic (exact) mass is 292 g/mol. The number of rotatable bonds is 2. The number of nitrogens with one attached hydrogen (secondary N) is 1. The molecular formula is C12H9FN4O2S. The minimum Gasteiger partial charge on any atom is -0.453 e. The number of nitrogens with zero attached hydrogens (tertiary/aromatic N) is 3. The summed E-state index contributed by atoms with van der Waals surface area (Å²) >= 11 is 1.37. The van der Waals surface area contributed by atoms with Crippen molar-refractivity contribution in [1.29, 1.82) is 0 Å². The minimum atomic E-state index is -0.633. The van der Waals surface area contributed by atoms with Crippen molar-refractivity contribution in [2.45, 2.75) is 0 Å². The molecule has 20 heavy (non-hydrogen) atoms. The van der Waals surface area contributed by atoms with Gasteiger partial charge in [0.05, 0.1) is 12.8 Å². The number of methoxy groups -OCH3 is 1. The van der Waals surface area contributed by atoms with Gasteiger partial charge in [-0.2, -0.15) is 4.98 Å². The zero-order chi connectivity index (χ0) is 14.1. The van der Waals surface area contributed by atoms with Gasteiger partial charge in [0.2, 0.25) is 4.96 Å². The van der Waals surface area contributed by atoms with E-state index in [0.29, 0.717) is 4.96 Å². The molecule has 0 atom stereocenters. The quantitative estimate of drug-likeness (QED) is 0.788. The Hall–Kier alpha value is -2.48. The summed E-state index contributed by atoms with van der Waals surface area (Å²) in [6.45, 7) is 0. The van der Waals surface area contributed by atoms with Gasteiger partial charge in [-0.15, -0.1) is 16.4 Å². The second kappa shape index (κ2) is 4.89. The Bertz CT molecular complexity index is 765. The number of carbonyl (C=O) groups is 1. The average Bonchev–Trinajstić information content (AvgIpc) is 2.99. The van der Waals surface area contributed by atoms with E-state index in [1.54, 1.807) is 16.6 Å². The average molecular weight is 292 g/mol. The normalized spacial score (nSPS) is 10.7. The fraction of sp³-hybridized carbons (Fsp3) is 0.0833. The third-order valence-electron chi connectivity index (χ3n) is 2.62. The van der Waals surface area contributed by atoms with E-state index < -0.39 is 6.09 Å². The van der Waals surface area contributed by atoms with Crippen molar-refractivity contribution >= 4 is 28.3 Å². The molecule has 0 saturated carbocycles. The van der Waals surface area contributed by atoms with E-state index in [0.717, 1.165) is 11.3 Å². The second-order valence-corrected chi connectivity index (χ2v) is 4.71. The lowest BCUT2D eigenvalue weighted by atomic mass is 10.2. The number of fused-ring (bicyclic) bond motifs is 1. The minimum absolute atomic E-state index is 0.159. The maximum atomic E-state index is 12.9. The Morgan fingerprint density at radius 3 is 2.85 bits per heavy atom. The number of amides is 1. The standard InChI is InChI=1S/C12H9FN4O2S/c1-19-12(18)15-10-14-11-17(16-10)9(6-20-11)7-2-4-8(13)5-3-7/h2-6H,1H3,(H,15,16,18). The highest BCUT2D eigenvalue weighted by molar-refractivity contribution is 7.15. The molecule has 8 heteroatoms. The molecule has 0 aliphatic carbocycles. The number of anilines is 1. The van der Waals surface area contributed by atoms with Gasteiger partial charge in [0, 0.05) is 10.9 Å². The fourth-order valence-electron chi connectivity index (χ4n) is 1.70. The summed E-state index contributed by atoms with van der Waals surface area (Å²) in [6, 6.07) is 6.07. The van der Waals surface area contributed by atoms with Crippen molar-refractivity contribution in [3.63, 3.8) is 0 Å². The van der Waals surface area contributed by atoms with Crippen LogP contribution >= 0.6 is 11.3 Å². The number of hydrogen-bond acceptors (Lipinski definition) is 5. The lowest BCUT2D eigenvalue weighted by Gasteiger charge is -1.99. The van der Waals surface area contributed by atoms with Gasteiger partial charge in [-0.05, 0) is 24.3 Å². The number of thiazole rings is 1. The van der Waals surface area contributed by atoms with Crippen molar-refractivity contribution in [3.05, 3.63) is 35.5 Å². The Morgan fingerprint density at radius 2 is 2.15 bits per heavy atom. The molecule has 0 bridgehead atoms. The largest absolute Gasteiger partial charge is 0.453 e. The van der Waals surface area contributed by atoms with Crippen molar-refractivity contribution in [2.75, 3.05) is 12.4 Å². The summed E-state index contributed by atoms with van der Waals surface area (Å²) in [5, 5.41) is 8.43. The first kappa shape index (κ1) is 12.5. The first-order valence-electron chi connectivity index (χ1n) is 5.62. The van der Waals surface area contributed by atoms with Crippen molar-refractivity contribution in [3.8, 4) is 11.3 Å². The van der Waals surface area contributed by atoms with Crippen LogP contribution < -0.4 is 5.32 Å². The maximum absolute atomic E-state index is 12.9. The second-order valence-electron chi connectivity index (χ2n) is 3.87. The molecule has 1 N–H and O–H groups in total. The highest BCUT2D eigenvalue weighted by Gasteiger charge is 2.13. The van der Waals surface area contributed by atoms with Gasteiger partial charge in [-0.25, -0.2) is 13.7 Å². The van der Waals surface area contributed by atoms with Gasteiger partial charge in [0.1, 0.15) is 5.82 Å². The van der Waals surface area contributed by atoms with E-state index in [9.17, 15) is 9.18 Å². The maximum Gasteiger partial charge on any atom is 0.413 e. The van der Waals surface area contributed by atoms with Crippen molar-refractivity contribution in [2.24, 2.45) is 0 Å². The van der Waals surface area contributed by atoms with E-state index >= 15 is 0 Å². The van der Waals surface area contributed by atoms with E-state index in [-0.39, 0.29) is 11.8 Å². The van der Waals surface area contributed by atoms with Gasteiger partial charge < -0.3 is 4.74 Å². The van der Waals surface area contributed by atoms with Crippen molar-refractivity contribution in [1.82, 2.24) is 14.6 Å². The molecular weight excluding hydrogens is 283 g/mol. The first-order valence-corrected chi connectivity index (χ1v) is 6.50. The first-order chi connectivity index (χ1) is 9.67. The van der Waals surface area contributed by atoms with E-state index in [1.165, 1.54) is 30.6 Å². The van der Waals surface area contributed by atoms with E-state index in [4.69, 9.17) is 0 Å². The summed E-state index contributed by atoms with van der Waals surface area (Å²) < 4.78 is 19.0. The summed E-state index contributed by atoms with van der Waals surface area (Å²) in [4.78, 5) is 15.9. The molecule has 0 fully saturated rings. The highest BCUT2D eigenvalue weighted by atomic mass is 32.1. The topological polar surface area (TPSA) is 68.5 Å². The van der Waals surface area contributed by atoms with Crippen LogP contribution in [-0.4, -0.2) is 27.8 Å². The molecule has 0 spiro atoms. The molecule has 1 amide bonds. The summed E-state index contributed by atoms with van der Waals surface area (Å²) in [5.74, 6) is -0.140. The van der Waals surface area contributed by atoms with Crippen LogP contribution in [0, 0.1) is 5.82 Å². The zero-order valence-electron chi connectivity index (χ0n) is 10.3. The van der Waals surface area contributed by atoms with Crippen LogP contribution in [0.2, 0.25) is 0 Å². The third-order valence-corrected chi connectivity index (χ3v) is 3.44. The van der Waals surface area contributed by atoms with Gasteiger partial charge in [0.25, 0.3) is 5.95 Å². The molecule has 0 radical (unpaired) electrons. The lowest BCUT2D eigenvalue weighted by molar-refractivity contribution is 0.186. The smallest absolute Gasteiger partial charge is 0.413 e. The van der Waals surface area contributed by atoms with Gasteiger partial charge in [-0.3, -0.25) is 5.32 Å². The van der Waals surface area contributed by atoms with Gasteiger partial charge >= 0.3 is 6.09 Å². The fourth-order valence-corrected chi connectivity index (χ4v) is 2.53.